The van der Waals surface area contributed by atoms with Gasteiger partial charge in [0, 0.05) is 29.9 Å². The minimum atomic E-state index is -4.71. The summed E-state index contributed by atoms with van der Waals surface area (Å²) < 4.78 is 40.3. The fourth-order valence-corrected chi connectivity index (χ4v) is 2.88. The maximum absolute atomic E-state index is 12.1. The van der Waals surface area contributed by atoms with Crippen molar-refractivity contribution in [2.45, 2.75) is 12.8 Å². The van der Waals surface area contributed by atoms with Crippen LogP contribution in [0.2, 0.25) is 0 Å². The predicted molar refractivity (Wildman–Crippen MR) is 88.0 cm³/mol. The van der Waals surface area contributed by atoms with E-state index in [1.807, 2.05) is 0 Å². The first-order valence-corrected chi connectivity index (χ1v) is 8.07. The molecule has 0 spiro atoms. The number of carbonyl (C=O) groups is 1. The first-order chi connectivity index (χ1) is 12.4. The molecule has 1 amide bonds. The van der Waals surface area contributed by atoms with Crippen LogP contribution >= 0.6 is 11.3 Å². The highest BCUT2D eigenvalue weighted by Gasteiger charge is 2.30. The van der Waals surface area contributed by atoms with Crippen LogP contribution in [0.15, 0.2) is 49.1 Å². The second-order valence-electron chi connectivity index (χ2n) is 5.05. The lowest BCUT2D eigenvalue weighted by atomic mass is 10.1. The summed E-state index contributed by atoms with van der Waals surface area (Å²) in [4.78, 5) is 24.6. The third-order valence-electron chi connectivity index (χ3n) is 3.11. The lowest BCUT2D eigenvalue weighted by Gasteiger charge is -2.08. The van der Waals surface area contributed by atoms with Crippen molar-refractivity contribution in [1.82, 2.24) is 15.0 Å². The summed E-state index contributed by atoms with van der Waals surface area (Å²) in [6, 6.07) is 5.58. The van der Waals surface area contributed by atoms with Gasteiger partial charge in [-0.2, -0.15) is 0 Å². The Morgan fingerprint density at radius 3 is 2.54 bits per heavy atom. The average molecular weight is 380 g/mol. The number of carbonyl (C=O) groups excluding carboxylic acids is 1. The largest absolute Gasteiger partial charge is 0.573 e. The van der Waals surface area contributed by atoms with Gasteiger partial charge >= 0.3 is 6.36 Å². The number of thiazole rings is 1. The van der Waals surface area contributed by atoms with E-state index >= 15 is 0 Å². The number of nitrogens with zero attached hydrogens (tertiary/aromatic N) is 3. The van der Waals surface area contributed by atoms with Crippen LogP contribution in [0.3, 0.4) is 0 Å². The molecule has 10 heteroatoms. The molecule has 0 atom stereocenters. The Morgan fingerprint density at radius 1 is 1.12 bits per heavy atom. The number of aromatic nitrogens is 3. The van der Waals surface area contributed by atoms with Gasteiger partial charge in [0.1, 0.15) is 11.4 Å². The fourth-order valence-electron chi connectivity index (χ4n) is 2.03. The topological polar surface area (TPSA) is 77.0 Å². The second-order valence-corrected chi connectivity index (χ2v) is 6.16. The molecule has 0 unspecified atom stereocenters. The Kier molecular flexibility index (Phi) is 5.12. The standard InChI is InChI=1S/C16H11F3N4O2S/c17-16(18,19)25-11-3-1-10(2-4-11)7-12-8-22-15(26-12)23-14(24)13-9-20-5-6-21-13/h1-6,8-9H,7H2,(H,22,23,24). The van der Waals surface area contributed by atoms with Crippen molar-refractivity contribution < 1.29 is 22.7 Å². The van der Waals surface area contributed by atoms with Crippen LogP contribution in [0.1, 0.15) is 20.9 Å². The molecule has 0 saturated carbocycles. The van der Waals surface area contributed by atoms with E-state index in [0.717, 1.165) is 10.4 Å². The maximum Gasteiger partial charge on any atom is 0.573 e. The zero-order valence-electron chi connectivity index (χ0n) is 13.0. The first kappa shape index (κ1) is 17.8. The van der Waals surface area contributed by atoms with E-state index < -0.39 is 12.3 Å². The molecule has 0 radical (unpaired) electrons. The number of alkyl halides is 3. The Hall–Kier alpha value is -3.01. The smallest absolute Gasteiger partial charge is 0.406 e. The van der Waals surface area contributed by atoms with Gasteiger partial charge in [-0.1, -0.05) is 12.1 Å². The van der Waals surface area contributed by atoms with E-state index in [0.29, 0.717) is 11.6 Å². The van der Waals surface area contributed by atoms with Crippen LogP contribution in [0, 0.1) is 0 Å². The number of ether oxygens (including phenoxy) is 1. The molecule has 0 fully saturated rings. The van der Waals surface area contributed by atoms with Gasteiger partial charge in [-0.15, -0.1) is 24.5 Å². The summed E-state index contributed by atoms with van der Waals surface area (Å²) >= 11 is 1.26. The molecule has 1 N–H and O–H groups in total. The number of rotatable bonds is 5. The number of nitrogens with one attached hydrogen (secondary N) is 1. The highest BCUT2D eigenvalue weighted by molar-refractivity contribution is 7.15. The predicted octanol–water partition coefficient (Wildman–Crippen LogP) is 3.67. The molecule has 26 heavy (non-hydrogen) atoms. The molecule has 3 rings (SSSR count). The van der Waals surface area contributed by atoms with Crippen molar-refractivity contribution in [3.63, 3.8) is 0 Å². The van der Waals surface area contributed by atoms with E-state index in [1.165, 1.54) is 42.1 Å². The average Bonchev–Trinajstić information content (AvgIpc) is 3.03. The molecule has 134 valence electrons. The number of benzene rings is 1. The highest BCUT2D eigenvalue weighted by Crippen LogP contribution is 2.25. The summed E-state index contributed by atoms with van der Waals surface area (Å²) in [5, 5.41) is 3.02. The number of anilines is 1. The van der Waals surface area contributed by atoms with Gasteiger partial charge in [0.15, 0.2) is 5.13 Å². The van der Waals surface area contributed by atoms with E-state index in [-0.39, 0.29) is 11.4 Å². The Balaban J connectivity index is 1.61. The molecular formula is C16H11F3N4O2S. The number of amides is 1. The van der Waals surface area contributed by atoms with Crippen molar-refractivity contribution >= 4 is 22.4 Å². The van der Waals surface area contributed by atoms with Crippen molar-refractivity contribution in [2.24, 2.45) is 0 Å². The fraction of sp³-hybridized carbons (Fsp3) is 0.125. The summed E-state index contributed by atoms with van der Waals surface area (Å²) in [6.45, 7) is 0. The van der Waals surface area contributed by atoms with Gasteiger partial charge in [-0.05, 0) is 17.7 Å². The Morgan fingerprint density at radius 2 is 1.88 bits per heavy atom. The van der Waals surface area contributed by atoms with Gasteiger partial charge in [0.25, 0.3) is 5.91 Å². The lowest BCUT2D eigenvalue weighted by molar-refractivity contribution is -0.274. The number of halogens is 3. The van der Waals surface area contributed by atoms with Gasteiger partial charge in [-0.3, -0.25) is 15.1 Å². The van der Waals surface area contributed by atoms with Crippen LogP contribution in [-0.4, -0.2) is 27.2 Å². The molecule has 0 aliphatic carbocycles. The number of hydrogen-bond acceptors (Lipinski definition) is 6. The van der Waals surface area contributed by atoms with Crippen LogP contribution < -0.4 is 10.1 Å². The second kappa shape index (κ2) is 7.48. The van der Waals surface area contributed by atoms with Crippen molar-refractivity contribution in [3.05, 3.63) is 65.2 Å². The van der Waals surface area contributed by atoms with Crippen molar-refractivity contribution in [3.8, 4) is 5.75 Å². The molecule has 0 saturated heterocycles. The third kappa shape index (κ3) is 4.99. The Bertz CT molecular complexity index is 883. The van der Waals surface area contributed by atoms with Gasteiger partial charge in [-0.25, -0.2) is 9.97 Å². The summed E-state index contributed by atoms with van der Waals surface area (Å²) in [5.74, 6) is -0.699. The van der Waals surface area contributed by atoms with E-state index in [4.69, 9.17) is 0 Å². The van der Waals surface area contributed by atoms with Gasteiger partial charge < -0.3 is 4.74 Å². The van der Waals surface area contributed by atoms with Gasteiger partial charge in [0.2, 0.25) is 0 Å². The first-order valence-electron chi connectivity index (χ1n) is 7.26. The van der Waals surface area contributed by atoms with Crippen LogP contribution in [0.5, 0.6) is 5.75 Å². The molecule has 3 aromatic rings. The molecule has 0 aliphatic heterocycles. The van der Waals surface area contributed by atoms with Crippen molar-refractivity contribution in [2.75, 3.05) is 5.32 Å². The zero-order valence-corrected chi connectivity index (χ0v) is 13.8. The summed E-state index contributed by atoms with van der Waals surface area (Å²) in [5.41, 5.74) is 0.958. The van der Waals surface area contributed by atoms with Crippen molar-refractivity contribution in [1.29, 1.82) is 0 Å². The molecular weight excluding hydrogens is 369 g/mol. The Labute approximate surface area is 149 Å². The van der Waals surface area contributed by atoms with Gasteiger partial charge in [0.05, 0.1) is 6.20 Å². The molecule has 2 aromatic heterocycles. The summed E-state index contributed by atoms with van der Waals surface area (Å²) in [6.07, 6.45) is 1.56. The van der Waals surface area contributed by atoms with Crippen LogP contribution in [-0.2, 0) is 6.42 Å². The van der Waals surface area contributed by atoms with E-state index in [2.05, 4.69) is 25.0 Å². The molecule has 1 aromatic carbocycles. The SMILES string of the molecule is O=C(Nc1ncc(Cc2ccc(OC(F)(F)F)cc2)s1)c1cnccn1. The lowest BCUT2D eigenvalue weighted by Crippen LogP contribution is -2.17. The van der Waals surface area contributed by atoms with Crippen LogP contribution in [0.25, 0.3) is 0 Å². The summed E-state index contributed by atoms with van der Waals surface area (Å²) in [7, 11) is 0. The molecule has 0 bridgehead atoms. The molecule has 2 heterocycles. The maximum atomic E-state index is 12.1. The molecule has 0 aliphatic rings. The van der Waals surface area contributed by atoms with E-state index in [9.17, 15) is 18.0 Å². The quantitative estimate of drug-likeness (QED) is 0.731. The highest BCUT2D eigenvalue weighted by atomic mass is 32.1. The monoisotopic (exact) mass is 380 g/mol. The molecule has 6 nitrogen and oxygen atoms in total. The van der Waals surface area contributed by atoms with Crippen LogP contribution in [0.4, 0.5) is 18.3 Å². The minimum Gasteiger partial charge on any atom is -0.406 e. The number of hydrogen-bond donors (Lipinski definition) is 1. The normalized spacial score (nSPS) is 11.2. The minimum absolute atomic E-state index is 0.171. The third-order valence-corrected chi connectivity index (χ3v) is 4.02. The van der Waals surface area contributed by atoms with E-state index in [1.54, 1.807) is 18.3 Å². The zero-order chi connectivity index (χ0) is 18.6.